The van der Waals surface area contributed by atoms with Gasteiger partial charge in [-0.3, -0.25) is 4.79 Å². The fourth-order valence-corrected chi connectivity index (χ4v) is 1.46. The molecule has 70 valence electrons. The molecule has 0 N–H and O–H groups in total. The van der Waals surface area contributed by atoms with Gasteiger partial charge in [0.15, 0.2) is 5.76 Å². The van der Waals surface area contributed by atoms with E-state index >= 15 is 0 Å². The number of hydrogen-bond acceptors (Lipinski definition) is 4. The Kier molecular flexibility index (Phi) is 1.65. The summed E-state index contributed by atoms with van der Waals surface area (Å²) in [4.78, 5) is 11.4. The van der Waals surface area contributed by atoms with Gasteiger partial charge in [0.1, 0.15) is 5.41 Å². The standard InChI is InChI=1S/C9H11NO3/c1-6-5-7(13-10-6)9(3-4-9)8(11)12-2/h5H,3-4H2,1-2H3. The third kappa shape index (κ3) is 1.13. The Balaban J connectivity index is 2.30. The molecule has 1 aromatic heterocycles. The van der Waals surface area contributed by atoms with Gasteiger partial charge in [-0.25, -0.2) is 0 Å². The molecule has 0 saturated heterocycles. The summed E-state index contributed by atoms with van der Waals surface area (Å²) < 4.78 is 9.78. The number of nitrogens with zero attached hydrogens (tertiary/aromatic N) is 1. The van der Waals surface area contributed by atoms with E-state index in [1.807, 2.05) is 6.92 Å². The third-order valence-electron chi connectivity index (χ3n) is 2.43. The number of methoxy groups -OCH3 is 1. The Bertz CT molecular complexity index is 338. The van der Waals surface area contributed by atoms with Crippen molar-refractivity contribution < 1.29 is 14.1 Å². The minimum atomic E-state index is -0.518. The van der Waals surface area contributed by atoms with E-state index in [9.17, 15) is 4.79 Å². The zero-order valence-corrected chi connectivity index (χ0v) is 7.66. The lowest BCUT2D eigenvalue weighted by molar-refractivity contribution is -0.144. The highest BCUT2D eigenvalue weighted by molar-refractivity contribution is 5.85. The van der Waals surface area contributed by atoms with Crippen molar-refractivity contribution in [1.29, 1.82) is 0 Å². The van der Waals surface area contributed by atoms with Gasteiger partial charge in [-0.1, -0.05) is 5.16 Å². The van der Waals surface area contributed by atoms with Crippen LogP contribution < -0.4 is 0 Å². The van der Waals surface area contributed by atoms with Crippen molar-refractivity contribution in [1.82, 2.24) is 5.16 Å². The Morgan fingerprint density at radius 3 is 2.77 bits per heavy atom. The lowest BCUT2D eigenvalue weighted by atomic mass is 10.0. The highest BCUT2D eigenvalue weighted by Crippen LogP contribution is 2.49. The van der Waals surface area contributed by atoms with E-state index in [2.05, 4.69) is 5.16 Å². The van der Waals surface area contributed by atoms with Gasteiger partial charge in [0.2, 0.25) is 0 Å². The molecule has 1 aliphatic carbocycles. The summed E-state index contributed by atoms with van der Waals surface area (Å²) in [6.45, 7) is 1.83. The van der Waals surface area contributed by atoms with Crippen LogP contribution in [0.25, 0.3) is 0 Å². The molecular formula is C9H11NO3. The fourth-order valence-electron chi connectivity index (χ4n) is 1.46. The van der Waals surface area contributed by atoms with Crippen LogP contribution in [0.1, 0.15) is 24.3 Å². The van der Waals surface area contributed by atoms with Crippen molar-refractivity contribution >= 4 is 5.97 Å². The Morgan fingerprint density at radius 1 is 1.69 bits per heavy atom. The summed E-state index contributed by atoms with van der Waals surface area (Å²) >= 11 is 0. The van der Waals surface area contributed by atoms with Crippen LogP contribution in [-0.4, -0.2) is 18.2 Å². The Hall–Kier alpha value is -1.32. The van der Waals surface area contributed by atoms with Crippen LogP contribution in [-0.2, 0) is 14.9 Å². The van der Waals surface area contributed by atoms with Crippen molar-refractivity contribution in [3.05, 3.63) is 17.5 Å². The zero-order valence-electron chi connectivity index (χ0n) is 7.66. The van der Waals surface area contributed by atoms with Gasteiger partial charge in [0, 0.05) is 6.07 Å². The van der Waals surface area contributed by atoms with Crippen LogP contribution in [0.15, 0.2) is 10.6 Å². The lowest BCUT2D eigenvalue weighted by Gasteiger charge is -2.06. The third-order valence-corrected chi connectivity index (χ3v) is 2.43. The molecule has 4 heteroatoms. The van der Waals surface area contributed by atoms with Crippen LogP contribution in [0, 0.1) is 6.92 Å². The lowest BCUT2D eigenvalue weighted by Crippen LogP contribution is -2.21. The van der Waals surface area contributed by atoms with Crippen molar-refractivity contribution in [2.45, 2.75) is 25.2 Å². The van der Waals surface area contributed by atoms with Gasteiger partial charge in [0.25, 0.3) is 0 Å². The van der Waals surface area contributed by atoms with E-state index in [1.165, 1.54) is 7.11 Å². The predicted octanol–water partition coefficient (Wildman–Crippen LogP) is 1.19. The van der Waals surface area contributed by atoms with Crippen molar-refractivity contribution in [2.75, 3.05) is 7.11 Å². The predicted molar refractivity (Wildman–Crippen MR) is 44.2 cm³/mol. The van der Waals surface area contributed by atoms with Crippen molar-refractivity contribution in [3.63, 3.8) is 0 Å². The summed E-state index contributed by atoms with van der Waals surface area (Å²) in [6, 6.07) is 1.80. The first kappa shape index (κ1) is 8.29. The molecule has 13 heavy (non-hydrogen) atoms. The summed E-state index contributed by atoms with van der Waals surface area (Å²) in [6.07, 6.45) is 1.60. The van der Waals surface area contributed by atoms with Gasteiger partial charge in [-0.15, -0.1) is 0 Å². The topological polar surface area (TPSA) is 52.3 Å². The average molecular weight is 181 g/mol. The van der Waals surface area contributed by atoms with Crippen LogP contribution >= 0.6 is 0 Å². The molecule has 1 aliphatic rings. The molecule has 0 bridgehead atoms. The first-order chi connectivity index (χ1) is 6.19. The second-order valence-corrected chi connectivity index (χ2v) is 3.41. The molecule has 4 nitrogen and oxygen atoms in total. The quantitative estimate of drug-likeness (QED) is 0.643. The molecular weight excluding hydrogens is 170 g/mol. The van der Waals surface area contributed by atoms with Gasteiger partial charge >= 0.3 is 5.97 Å². The van der Waals surface area contributed by atoms with Gasteiger partial charge in [-0.05, 0) is 19.8 Å². The molecule has 0 aliphatic heterocycles. The van der Waals surface area contributed by atoms with Crippen molar-refractivity contribution in [3.8, 4) is 0 Å². The molecule has 2 rings (SSSR count). The molecule has 1 saturated carbocycles. The molecule has 1 fully saturated rings. The molecule has 0 unspecified atom stereocenters. The largest absolute Gasteiger partial charge is 0.468 e. The zero-order chi connectivity index (χ0) is 9.47. The molecule has 0 radical (unpaired) electrons. The van der Waals surface area contributed by atoms with Crippen molar-refractivity contribution in [2.24, 2.45) is 0 Å². The fraction of sp³-hybridized carbons (Fsp3) is 0.556. The summed E-state index contributed by atoms with van der Waals surface area (Å²) in [5.74, 6) is 0.417. The summed E-state index contributed by atoms with van der Waals surface area (Å²) in [7, 11) is 1.39. The Labute approximate surface area is 75.9 Å². The van der Waals surface area contributed by atoms with E-state index in [0.717, 1.165) is 18.5 Å². The molecule has 0 atom stereocenters. The molecule has 0 aromatic carbocycles. The average Bonchev–Trinajstić information content (AvgIpc) is 2.83. The number of aryl methyl sites for hydroxylation is 1. The van der Waals surface area contributed by atoms with Crippen LogP contribution in [0.4, 0.5) is 0 Å². The summed E-state index contributed by atoms with van der Waals surface area (Å²) in [5.41, 5.74) is 0.279. The number of esters is 1. The first-order valence-corrected chi connectivity index (χ1v) is 4.21. The normalized spacial score (nSPS) is 18.3. The smallest absolute Gasteiger partial charge is 0.319 e. The minimum absolute atomic E-state index is 0.219. The highest BCUT2D eigenvalue weighted by Gasteiger charge is 2.55. The van der Waals surface area contributed by atoms with E-state index in [-0.39, 0.29) is 5.97 Å². The maximum atomic E-state index is 11.4. The molecule has 0 amide bonds. The van der Waals surface area contributed by atoms with E-state index in [4.69, 9.17) is 9.26 Å². The van der Waals surface area contributed by atoms with Gasteiger partial charge in [0.05, 0.1) is 12.8 Å². The van der Waals surface area contributed by atoms with E-state index < -0.39 is 5.41 Å². The summed E-state index contributed by atoms with van der Waals surface area (Å²) in [5, 5.41) is 3.76. The molecule has 0 spiro atoms. The SMILES string of the molecule is COC(=O)C1(c2cc(C)no2)CC1. The highest BCUT2D eigenvalue weighted by atomic mass is 16.5. The number of ether oxygens (including phenoxy) is 1. The maximum absolute atomic E-state index is 11.4. The number of rotatable bonds is 2. The number of carbonyl (C=O) groups excluding carboxylic acids is 1. The first-order valence-electron chi connectivity index (χ1n) is 4.21. The second-order valence-electron chi connectivity index (χ2n) is 3.41. The number of carbonyl (C=O) groups is 1. The van der Waals surface area contributed by atoms with Crippen LogP contribution in [0.2, 0.25) is 0 Å². The van der Waals surface area contributed by atoms with Crippen LogP contribution in [0.5, 0.6) is 0 Å². The monoisotopic (exact) mass is 181 g/mol. The van der Waals surface area contributed by atoms with E-state index in [0.29, 0.717) is 5.76 Å². The number of aromatic nitrogens is 1. The van der Waals surface area contributed by atoms with E-state index in [1.54, 1.807) is 6.07 Å². The maximum Gasteiger partial charge on any atom is 0.319 e. The Morgan fingerprint density at radius 2 is 2.38 bits per heavy atom. The number of hydrogen-bond donors (Lipinski definition) is 0. The minimum Gasteiger partial charge on any atom is -0.468 e. The van der Waals surface area contributed by atoms with Gasteiger partial charge in [-0.2, -0.15) is 0 Å². The van der Waals surface area contributed by atoms with Gasteiger partial charge < -0.3 is 9.26 Å². The molecule has 1 aromatic rings. The second kappa shape index (κ2) is 2.58. The van der Waals surface area contributed by atoms with Crippen LogP contribution in [0.3, 0.4) is 0 Å². The molecule has 1 heterocycles.